The average molecular weight is 335 g/mol. The van der Waals surface area contributed by atoms with Gasteiger partial charge in [0.2, 0.25) is 0 Å². The number of hydrogen-bond donors (Lipinski definition) is 2. The smallest absolute Gasteiger partial charge is 0.255 e. The Morgan fingerprint density at radius 3 is 2.56 bits per heavy atom. The second kappa shape index (κ2) is 8.17. The molecule has 0 aliphatic carbocycles. The van der Waals surface area contributed by atoms with Crippen molar-refractivity contribution >= 4 is 11.6 Å². The molecule has 0 bridgehead atoms. The third-order valence-electron chi connectivity index (χ3n) is 3.65. The fourth-order valence-electron chi connectivity index (χ4n) is 2.45. The van der Waals surface area contributed by atoms with E-state index in [9.17, 15) is 9.18 Å². The van der Waals surface area contributed by atoms with Gasteiger partial charge in [0, 0.05) is 36.7 Å². The summed E-state index contributed by atoms with van der Waals surface area (Å²) >= 11 is 0. The highest BCUT2D eigenvalue weighted by Gasteiger charge is 2.07. The maximum Gasteiger partial charge on any atom is 0.255 e. The number of nitrogens with one attached hydrogen (secondary N) is 2. The number of carbonyl (C=O) groups is 1. The fraction of sp³-hybridized carbons (Fsp3) is 0.100. The van der Waals surface area contributed by atoms with Crippen LogP contribution in [0.4, 0.5) is 10.1 Å². The molecule has 126 valence electrons. The van der Waals surface area contributed by atoms with Crippen LogP contribution in [0, 0.1) is 5.82 Å². The van der Waals surface area contributed by atoms with Gasteiger partial charge in [0.1, 0.15) is 5.82 Å². The molecule has 2 N–H and O–H groups in total. The van der Waals surface area contributed by atoms with Gasteiger partial charge in [-0.05, 0) is 47.5 Å². The lowest BCUT2D eigenvalue weighted by Gasteiger charge is -2.09. The van der Waals surface area contributed by atoms with Crippen molar-refractivity contribution < 1.29 is 9.18 Å². The van der Waals surface area contributed by atoms with Crippen LogP contribution in [-0.2, 0) is 13.1 Å². The Hall–Kier alpha value is -3.05. The van der Waals surface area contributed by atoms with Crippen molar-refractivity contribution in [3.63, 3.8) is 0 Å². The predicted octanol–water partition coefficient (Wildman–Crippen LogP) is 3.76. The molecular weight excluding hydrogens is 317 g/mol. The summed E-state index contributed by atoms with van der Waals surface area (Å²) in [5.74, 6) is -0.763. The van der Waals surface area contributed by atoms with Gasteiger partial charge in [0.05, 0.1) is 0 Å². The third kappa shape index (κ3) is 4.96. The van der Waals surface area contributed by atoms with Gasteiger partial charge in [-0.2, -0.15) is 0 Å². The highest BCUT2D eigenvalue weighted by atomic mass is 19.1. The Labute approximate surface area is 145 Å². The summed E-state index contributed by atoms with van der Waals surface area (Å²) in [5.41, 5.74) is 3.12. The number of anilines is 1. The van der Waals surface area contributed by atoms with Gasteiger partial charge in [-0.25, -0.2) is 4.39 Å². The summed E-state index contributed by atoms with van der Waals surface area (Å²) in [7, 11) is 0. The molecule has 0 saturated heterocycles. The monoisotopic (exact) mass is 335 g/mol. The molecule has 3 aromatic rings. The van der Waals surface area contributed by atoms with Crippen LogP contribution >= 0.6 is 0 Å². The standard InChI is InChI=1S/C20H18FN3O/c21-18-7-2-6-17(11-18)20(25)24-19-8-1-4-15(10-19)12-23-14-16-5-3-9-22-13-16/h1-11,13,23H,12,14H2,(H,24,25). The van der Waals surface area contributed by atoms with E-state index in [-0.39, 0.29) is 5.91 Å². The van der Waals surface area contributed by atoms with Crippen LogP contribution in [0.15, 0.2) is 73.1 Å². The Morgan fingerprint density at radius 2 is 1.76 bits per heavy atom. The van der Waals surface area contributed by atoms with Crippen LogP contribution in [0.25, 0.3) is 0 Å². The molecule has 0 aliphatic heterocycles. The van der Waals surface area contributed by atoms with E-state index in [0.717, 1.165) is 11.1 Å². The van der Waals surface area contributed by atoms with E-state index >= 15 is 0 Å². The lowest BCUT2D eigenvalue weighted by atomic mass is 10.1. The fourth-order valence-corrected chi connectivity index (χ4v) is 2.45. The lowest BCUT2D eigenvalue weighted by Crippen LogP contribution is -2.14. The number of aromatic nitrogens is 1. The zero-order valence-electron chi connectivity index (χ0n) is 13.6. The molecule has 0 unspecified atom stereocenters. The number of amides is 1. The van der Waals surface area contributed by atoms with Crippen LogP contribution in [0.2, 0.25) is 0 Å². The highest BCUT2D eigenvalue weighted by molar-refractivity contribution is 6.04. The lowest BCUT2D eigenvalue weighted by molar-refractivity contribution is 0.102. The Kier molecular flexibility index (Phi) is 5.49. The minimum Gasteiger partial charge on any atom is -0.322 e. The summed E-state index contributed by atoms with van der Waals surface area (Å²) in [5, 5.41) is 6.13. The van der Waals surface area contributed by atoms with Gasteiger partial charge >= 0.3 is 0 Å². The first-order chi connectivity index (χ1) is 12.2. The van der Waals surface area contributed by atoms with E-state index in [0.29, 0.717) is 24.3 Å². The van der Waals surface area contributed by atoms with Crippen LogP contribution in [-0.4, -0.2) is 10.9 Å². The van der Waals surface area contributed by atoms with E-state index in [1.54, 1.807) is 12.3 Å². The number of halogens is 1. The summed E-state index contributed by atoms with van der Waals surface area (Å²) in [6.07, 6.45) is 3.57. The molecule has 2 aromatic carbocycles. The second-order valence-electron chi connectivity index (χ2n) is 5.63. The van der Waals surface area contributed by atoms with Crippen molar-refractivity contribution in [2.45, 2.75) is 13.1 Å². The van der Waals surface area contributed by atoms with Crippen LogP contribution in [0.3, 0.4) is 0 Å². The van der Waals surface area contributed by atoms with Crippen LogP contribution in [0.5, 0.6) is 0 Å². The topological polar surface area (TPSA) is 54.0 Å². The molecule has 1 aromatic heterocycles. The average Bonchev–Trinajstić information content (AvgIpc) is 2.63. The van der Waals surface area contributed by atoms with Crippen LogP contribution in [0.1, 0.15) is 21.5 Å². The van der Waals surface area contributed by atoms with Gasteiger partial charge in [-0.1, -0.05) is 24.3 Å². The van der Waals surface area contributed by atoms with E-state index < -0.39 is 5.82 Å². The van der Waals surface area contributed by atoms with E-state index in [1.165, 1.54) is 18.2 Å². The maximum absolute atomic E-state index is 13.2. The second-order valence-corrected chi connectivity index (χ2v) is 5.63. The van der Waals surface area contributed by atoms with Crippen molar-refractivity contribution in [1.82, 2.24) is 10.3 Å². The SMILES string of the molecule is O=C(Nc1cccc(CNCc2cccnc2)c1)c1cccc(F)c1. The molecule has 25 heavy (non-hydrogen) atoms. The number of pyridine rings is 1. The van der Waals surface area contributed by atoms with Crippen LogP contribution < -0.4 is 10.6 Å². The zero-order valence-corrected chi connectivity index (χ0v) is 13.6. The minimum absolute atomic E-state index is 0.292. The van der Waals surface area contributed by atoms with Gasteiger partial charge in [0.25, 0.3) is 5.91 Å². The summed E-state index contributed by atoms with van der Waals surface area (Å²) in [4.78, 5) is 16.3. The molecule has 0 aliphatic rings. The summed E-state index contributed by atoms with van der Waals surface area (Å²) in [6.45, 7) is 1.38. The maximum atomic E-state index is 13.2. The minimum atomic E-state index is -0.430. The van der Waals surface area contributed by atoms with Gasteiger partial charge in [-0.3, -0.25) is 9.78 Å². The zero-order chi connectivity index (χ0) is 17.5. The quantitative estimate of drug-likeness (QED) is 0.721. The van der Waals surface area contributed by atoms with Gasteiger partial charge in [0.15, 0.2) is 0 Å². The number of rotatable bonds is 6. The Bertz CT molecular complexity index is 852. The molecule has 1 amide bonds. The number of nitrogens with zero attached hydrogens (tertiary/aromatic N) is 1. The van der Waals surface area contributed by atoms with Gasteiger partial charge in [-0.15, -0.1) is 0 Å². The van der Waals surface area contributed by atoms with E-state index in [1.807, 2.05) is 42.6 Å². The Balaban J connectivity index is 1.58. The molecule has 1 heterocycles. The van der Waals surface area contributed by atoms with E-state index in [2.05, 4.69) is 15.6 Å². The molecular formula is C20H18FN3O. The molecule has 0 saturated carbocycles. The first kappa shape index (κ1) is 16.8. The number of hydrogen-bond acceptors (Lipinski definition) is 3. The largest absolute Gasteiger partial charge is 0.322 e. The van der Waals surface area contributed by atoms with Crippen molar-refractivity contribution in [3.05, 3.63) is 95.6 Å². The highest BCUT2D eigenvalue weighted by Crippen LogP contribution is 2.13. The normalized spacial score (nSPS) is 10.4. The molecule has 0 spiro atoms. The first-order valence-corrected chi connectivity index (χ1v) is 7.96. The molecule has 3 rings (SSSR count). The summed E-state index contributed by atoms with van der Waals surface area (Å²) < 4.78 is 13.2. The molecule has 5 heteroatoms. The molecule has 4 nitrogen and oxygen atoms in total. The third-order valence-corrected chi connectivity index (χ3v) is 3.65. The number of carbonyl (C=O) groups excluding carboxylic acids is 1. The molecule has 0 atom stereocenters. The van der Waals surface area contributed by atoms with Crippen molar-refractivity contribution in [2.24, 2.45) is 0 Å². The Morgan fingerprint density at radius 1 is 0.960 bits per heavy atom. The van der Waals surface area contributed by atoms with Crippen molar-refractivity contribution in [1.29, 1.82) is 0 Å². The molecule has 0 fully saturated rings. The van der Waals surface area contributed by atoms with Crippen molar-refractivity contribution in [2.75, 3.05) is 5.32 Å². The molecule has 0 radical (unpaired) electrons. The van der Waals surface area contributed by atoms with Crippen molar-refractivity contribution in [3.8, 4) is 0 Å². The predicted molar refractivity (Wildman–Crippen MR) is 95.6 cm³/mol. The van der Waals surface area contributed by atoms with E-state index in [4.69, 9.17) is 0 Å². The number of benzene rings is 2. The summed E-state index contributed by atoms with van der Waals surface area (Å²) in [6, 6.07) is 17.1. The van der Waals surface area contributed by atoms with Gasteiger partial charge < -0.3 is 10.6 Å². The first-order valence-electron chi connectivity index (χ1n) is 7.96.